The molecule has 4 rings (SSSR count). The summed E-state index contributed by atoms with van der Waals surface area (Å²) in [6.45, 7) is 0.511. The van der Waals surface area contributed by atoms with Crippen LogP contribution in [-0.4, -0.2) is 41.2 Å². The number of hydrogen-bond acceptors (Lipinski definition) is 7. The molecule has 0 fully saturated rings. The zero-order valence-corrected chi connectivity index (χ0v) is 20.1. The van der Waals surface area contributed by atoms with Crippen LogP contribution < -0.4 is 20.3 Å². The van der Waals surface area contributed by atoms with E-state index in [4.69, 9.17) is 14.5 Å². The number of nitrogens with zero attached hydrogens (tertiary/aromatic N) is 2. The molecule has 1 aromatic heterocycles. The molecule has 9 heteroatoms. The average Bonchev–Trinajstić information content (AvgIpc) is 3.32. The van der Waals surface area contributed by atoms with Crippen molar-refractivity contribution >= 4 is 35.1 Å². The summed E-state index contributed by atoms with van der Waals surface area (Å²) in [7, 11) is 3.11. The lowest BCUT2D eigenvalue weighted by Gasteiger charge is -2.14. The number of nitrogens with one attached hydrogen (secondary N) is 1. The number of hydrogen-bond donors (Lipinski definition) is 1. The number of amides is 1. The third kappa shape index (κ3) is 5.54. The van der Waals surface area contributed by atoms with Crippen LogP contribution in [0.15, 0.2) is 63.4 Å². The second-order valence-corrected chi connectivity index (χ2v) is 9.41. The monoisotopic (exact) mass is 483 g/mol. The van der Waals surface area contributed by atoms with Gasteiger partial charge in [0.15, 0.2) is 5.16 Å². The third-order valence-electron chi connectivity index (χ3n) is 5.23. The van der Waals surface area contributed by atoms with Crippen LogP contribution in [0.25, 0.3) is 0 Å². The number of rotatable bonds is 9. The van der Waals surface area contributed by atoms with Crippen molar-refractivity contribution in [2.24, 2.45) is 0 Å². The number of carbonyl (C=O) groups excluding carboxylic acids is 1. The van der Waals surface area contributed by atoms with Crippen LogP contribution in [0.2, 0.25) is 0 Å². The molecule has 1 amide bonds. The van der Waals surface area contributed by atoms with E-state index in [1.54, 1.807) is 48.7 Å². The van der Waals surface area contributed by atoms with Gasteiger partial charge in [-0.15, -0.1) is 11.8 Å². The van der Waals surface area contributed by atoms with Gasteiger partial charge in [-0.3, -0.25) is 14.2 Å². The minimum absolute atomic E-state index is 0.0178. The van der Waals surface area contributed by atoms with Crippen molar-refractivity contribution in [2.45, 2.75) is 29.4 Å². The lowest BCUT2D eigenvalue weighted by Crippen LogP contribution is -2.27. The Morgan fingerprint density at radius 1 is 1.18 bits per heavy atom. The topological polar surface area (TPSA) is 82.5 Å². The van der Waals surface area contributed by atoms with E-state index in [0.717, 1.165) is 28.3 Å². The first-order valence-corrected chi connectivity index (χ1v) is 12.5. The lowest BCUT2D eigenvalue weighted by atomic mass is 10.1. The molecule has 0 atom stereocenters. The minimum atomic E-state index is -0.217. The summed E-state index contributed by atoms with van der Waals surface area (Å²) >= 11 is 2.83. The van der Waals surface area contributed by atoms with Gasteiger partial charge >= 0.3 is 0 Å². The number of fused-ring (bicyclic) bond motifs is 1. The van der Waals surface area contributed by atoms with Gasteiger partial charge in [-0.2, -0.15) is 0 Å². The van der Waals surface area contributed by atoms with E-state index in [2.05, 4.69) is 5.32 Å². The van der Waals surface area contributed by atoms with Gasteiger partial charge in [-0.05, 0) is 24.1 Å². The van der Waals surface area contributed by atoms with Gasteiger partial charge in [0, 0.05) is 24.8 Å². The molecule has 0 radical (unpaired) electrons. The summed E-state index contributed by atoms with van der Waals surface area (Å²) in [6, 6.07) is 15.3. The van der Waals surface area contributed by atoms with Crippen LogP contribution in [0.1, 0.15) is 11.3 Å². The fourth-order valence-electron chi connectivity index (χ4n) is 3.54. The van der Waals surface area contributed by atoms with Gasteiger partial charge in [-0.25, -0.2) is 4.98 Å². The Morgan fingerprint density at radius 2 is 2.00 bits per heavy atom. The highest BCUT2D eigenvalue weighted by molar-refractivity contribution is 8.00. The Kier molecular flexibility index (Phi) is 7.61. The highest BCUT2D eigenvalue weighted by atomic mass is 32.2. The number of aromatic nitrogens is 2. The molecular formula is C24H25N3O4S2. The summed E-state index contributed by atoms with van der Waals surface area (Å²) in [6.07, 6.45) is 1.49. The number of ether oxygens (including phenoxy) is 2. The molecule has 2 heterocycles. The predicted molar refractivity (Wildman–Crippen MR) is 132 cm³/mol. The Bertz CT molecular complexity index is 1200. The first-order chi connectivity index (χ1) is 16.1. The third-order valence-corrected chi connectivity index (χ3v) is 7.31. The molecule has 0 spiro atoms. The predicted octanol–water partition coefficient (Wildman–Crippen LogP) is 3.88. The van der Waals surface area contributed by atoms with E-state index >= 15 is 0 Å². The zero-order valence-electron chi connectivity index (χ0n) is 18.5. The summed E-state index contributed by atoms with van der Waals surface area (Å²) in [4.78, 5) is 31.3. The van der Waals surface area contributed by atoms with Gasteiger partial charge in [0.2, 0.25) is 5.91 Å². The van der Waals surface area contributed by atoms with Crippen molar-refractivity contribution in [2.75, 3.05) is 31.0 Å². The Balaban J connectivity index is 1.51. The van der Waals surface area contributed by atoms with Crippen LogP contribution in [0.3, 0.4) is 0 Å². The highest BCUT2D eigenvalue weighted by Gasteiger charge is 2.22. The van der Waals surface area contributed by atoms with Gasteiger partial charge < -0.3 is 14.8 Å². The summed E-state index contributed by atoms with van der Waals surface area (Å²) in [5.74, 6) is 1.92. The maximum Gasteiger partial charge on any atom is 0.268 e. The minimum Gasteiger partial charge on any atom is -0.497 e. The largest absolute Gasteiger partial charge is 0.497 e. The number of methoxy groups -OCH3 is 2. The zero-order chi connectivity index (χ0) is 23.2. The smallest absolute Gasteiger partial charge is 0.268 e. The van der Waals surface area contributed by atoms with E-state index in [1.165, 1.54) is 11.8 Å². The van der Waals surface area contributed by atoms with Crippen LogP contribution in [0.4, 0.5) is 5.69 Å². The number of thioether (sulfide) groups is 2. The maximum atomic E-state index is 13.2. The first kappa shape index (κ1) is 23.3. The number of benzene rings is 2. The van der Waals surface area contributed by atoms with E-state index in [0.29, 0.717) is 35.3 Å². The maximum absolute atomic E-state index is 13.2. The van der Waals surface area contributed by atoms with E-state index in [9.17, 15) is 9.59 Å². The van der Waals surface area contributed by atoms with Crippen molar-refractivity contribution < 1.29 is 14.3 Å². The standard InChI is InChI=1S/C24H25N3O4S2/c1-30-17-8-9-20(31-2)19(14-17)25-21(28)15-33-24-26-18-11-13-32-22(18)23(29)27(24)12-10-16-6-4-3-5-7-16/h3-9,14H,10-13,15H2,1-2H3,(H,25,28). The molecule has 33 heavy (non-hydrogen) atoms. The van der Waals surface area contributed by atoms with Gasteiger partial charge in [0.25, 0.3) is 5.56 Å². The number of aryl methyl sites for hydroxylation is 2. The molecule has 1 aliphatic rings. The van der Waals surface area contributed by atoms with Crippen LogP contribution in [0, 0.1) is 0 Å². The van der Waals surface area contributed by atoms with Crippen molar-refractivity contribution in [1.82, 2.24) is 9.55 Å². The molecule has 7 nitrogen and oxygen atoms in total. The average molecular weight is 484 g/mol. The van der Waals surface area contributed by atoms with E-state index < -0.39 is 0 Å². The molecule has 0 saturated carbocycles. The molecule has 0 saturated heterocycles. The van der Waals surface area contributed by atoms with Crippen molar-refractivity contribution in [1.29, 1.82) is 0 Å². The molecule has 1 N–H and O–H groups in total. The fourth-order valence-corrected chi connectivity index (χ4v) is 5.43. The van der Waals surface area contributed by atoms with E-state index in [-0.39, 0.29) is 17.2 Å². The van der Waals surface area contributed by atoms with E-state index in [1.807, 2.05) is 30.3 Å². The van der Waals surface area contributed by atoms with Crippen LogP contribution in [0.5, 0.6) is 11.5 Å². The summed E-state index contributed by atoms with van der Waals surface area (Å²) < 4.78 is 12.3. The van der Waals surface area contributed by atoms with Crippen molar-refractivity contribution in [3.05, 3.63) is 70.1 Å². The van der Waals surface area contributed by atoms with Gasteiger partial charge in [-0.1, -0.05) is 42.1 Å². The second kappa shape index (κ2) is 10.8. The normalized spacial score (nSPS) is 12.3. The fraction of sp³-hybridized carbons (Fsp3) is 0.292. The first-order valence-electron chi connectivity index (χ1n) is 10.5. The summed E-state index contributed by atoms with van der Waals surface area (Å²) in [5.41, 5.74) is 2.49. The molecule has 3 aromatic rings. The van der Waals surface area contributed by atoms with Gasteiger partial charge in [0.1, 0.15) is 11.5 Å². The van der Waals surface area contributed by atoms with Crippen LogP contribution >= 0.6 is 23.5 Å². The van der Waals surface area contributed by atoms with Gasteiger partial charge in [0.05, 0.1) is 36.2 Å². The van der Waals surface area contributed by atoms with Crippen LogP contribution in [-0.2, 0) is 24.2 Å². The second-order valence-electron chi connectivity index (χ2n) is 7.36. The number of carbonyl (C=O) groups is 1. The molecular weight excluding hydrogens is 458 g/mol. The molecule has 2 aromatic carbocycles. The molecule has 0 bridgehead atoms. The summed E-state index contributed by atoms with van der Waals surface area (Å²) in [5, 5.41) is 3.44. The molecule has 1 aliphatic heterocycles. The number of anilines is 1. The lowest BCUT2D eigenvalue weighted by molar-refractivity contribution is -0.113. The van der Waals surface area contributed by atoms with Crippen molar-refractivity contribution in [3.63, 3.8) is 0 Å². The van der Waals surface area contributed by atoms with Crippen molar-refractivity contribution in [3.8, 4) is 11.5 Å². The molecule has 172 valence electrons. The quantitative estimate of drug-likeness (QED) is 0.365. The molecule has 0 aliphatic carbocycles. The Hall–Kier alpha value is -2.91. The SMILES string of the molecule is COc1ccc(OC)c(NC(=O)CSc2nc3c(c(=O)n2CCc2ccccc2)SCC3)c1. The highest BCUT2D eigenvalue weighted by Crippen LogP contribution is 2.30. The molecule has 0 unspecified atom stereocenters. The Labute approximate surface area is 200 Å². The Morgan fingerprint density at radius 3 is 2.76 bits per heavy atom.